The fourth-order valence-corrected chi connectivity index (χ4v) is 3.92. The number of hydrogen-bond donors (Lipinski definition) is 0. The zero-order valence-corrected chi connectivity index (χ0v) is 13.6. The smallest absolute Gasteiger partial charge is 0.342 e. The van der Waals surface area contributed by atoms with Gasteiger partial charge in [0.15, 0.2) is 0 Å². The van der Waals surface area contributed by atoms with Crippen LogP contribution in [0.15, 0.2) is 24.4 Å². The molecule has 0 aromatic carbocycles. The molecule has 23 heavy (non-hydrogen) atoms. The number of fused-ring (bicyclic) bond motifs is 4. The van der Waals surface area contributed by atoms with E-state index in [1.807, 2.05) is 16.6 Å². The molecule has 2 aromatic heterocycles. The minimum atomic E-state index is -0.229. The van der Waals surface area contributed by atoms with Gasteiger partial charge in [-0.05, 0) is 50.4 Å². The highest BCUT2D eigenvalue weighted by atomic mass is 16.5. The Morgan fingerprint density at radius 1 is 1.35 bits per heavy atom. The zero-order chi connectivity index (χ0) is 15.8. The molecule has 0 aliphatic carbocycles. The van der Waals surface area contributed by atoms with E-state index in [0.717, 1.165) is 56.5 Å². The van der Waals surface area contributed by atoms with Gasteiger partial charge in [0.25, 0.3) is 0 Å². The van der Waals surface area contributed by atoms with E-state index in [4.69, 9.17) is 4.74 Å². The second-order valence-electron chi connectivity index (χ2n) is 6.70. The molecule has 0 N–H and O–H groups in total. The molecule has 2 aromatic rings. The van der Waals surface area contributed by atoms with Crippen LogP contribution in [0.4, 0.5) is 0 Å². The number of aromatic nitrogens is 2. The van der Waals surface area contributed by atoms with Gasteiger partial charge in [-0.3, -0.25) is 4.90 Å². The third kappa shape index (κ3) is 2.63. The Hall–Kier alpha value is -1.88. The molecule has 122 valence electrons. The van der Waals surface area contributed by atoms with Crippen LogP contribution in [0.1, 0.15) is 42.2 Å². The maximum Gasteiger partial charge on any atom is 0.342 e. The number of hydrogen-bond acceptors (Lipinski definition) is 4. The second-order valence-corrected chi connectivity index (χ2v) is 6.70. The maximum absolute atomic E-state index is 12.6. The van der Waals surface area contributed by atoms with Crippen LogP contribution < -0.4 is 0 Å². The summed E-state index contributed by atoms with van der Waals surface area (Å²) in [4.78, 5) is 15.0. The molecule has 1 atom stereocenters. The van der Waals surface area contributed by atoms with E-state index in [-0.39, 0.29) is 12.1 Å². The zero-order valence-electron chi connectivity index (χ0n) is 13.6. The van der Waals surface area contributed by atoms with Gasteiger partial charge >= 0.3 is 5.97 Å². The van der Waals surface area contributed by atoms with Crippen LogP contribution in [0.2, 0.25) is 0 Å². The van der Waals surface area contributed by atoms with E-state index in [9.17, 15) is 4.79 Å². The lowest BCUT2D eigenvalue weighted by Crippen LogP contribution is -2.51. The number of ether oxygens (including phenoxy) is 1. The molecule has 3 aliphatic rings. The minimum Gasteiger partial charge on any atom is -0.457 e. The molecule has 5 heterocycles. The quantitative estimate of drug-likeness (QED) is 0.814. The molecule has 5 heteroatoms. The Morgan fingerprint density at radius 3 is 2.87 bits per heavy atom. The predicted molar refractivity (Wildman–Crippen MR) is 87.6 cm³/mol. The number of carbonyl (C=O) groups excluding carboxylic acids is 1. The summed E-state index contributed by atoms with van der Waals surface area (Å²) in [5, 5.41) is 4.40. The van der Waals surface area contributed by atoms with E-state index in [0.29, 0.717) is 11.5 Å². The molecule has 3 aliphatic heterocycles. The fourth-order valence-electron chi connectivity index (χ4n) is 3.92. The van der Waals surface area contributed by atoms with Crippen molar-refractivity contribution in [3.63, 3.8) is 0 Å². The number of piperidine rings is 3. The van der Waals surface area contributed by atoms with Crippen molar-refractivity contribution >= 4 is 11.5 Å². The number of nitrogens with zero attached hydrogens (tertiary/aromatic N) is 3. The molecule has 5 nitrogen and oxygen atoms in total. The molecular formula is C18H23N3O2. The van der Waals surface area contributed by atoms with Crippen molar-refractivity contribution in [1.29, 1.82) is 0 Å². The first kappa shape index (κ1) is 14.7. The topological polar surface area (TPSA) is 46.8 Å². The van der Waals surface area contributed by atoms with Crippen molar-refractivity contribution < 1.29 is 9.53 Å². The Kier molecular flexibility index (Phi) is 3.81. The van der Waals surface area contributed by atoms with Gasteiger partial charge in [0.1, 0.15) is 11.7 Å². The van der Waals surface area contributed by atoms with Crippen LogP contribution in [-0.4, -0.2) is 46.2 Å². The highest BCUT2D eigenvalue weighted by Crippen LogP contribution is 2.30. The Balaban J connectivity index is 1.57. The van der Waals surface area contributed by atoms with Crippen LogP contribution in [-0.2, 0) is 11.2 Å². The number of rotatable bonds is 4. The molecular weight excluding hydrogens is 290 g/mol. The molecule has 5 rings (SSSR count). The highest BCUT2D eigenvalue weighted by molar-refractivity contribution is 5.96. The summed E-state index contributed by atoms with van der Waals surface area (Å²) in [5.74, 6) is 0.300. The normalized spacial score (nSPS) is 26.6. The Labute approximate surface area is 136 Å². The lowest BCUT2D eigenvalue weighted by Gasteiger charge is -2.43. The molecule has 3 fully saturated rings. The van der Waals surface area contributed by atoms with Crippen molar-refractivity contribution in [2.45, 2.75) is 38.7 Å². The van der Waals surface area contributed by atoms with Crippen molar-refractivity contribution in [3.05, 3.63) is 35.7 Å². The van der Waals surface area contributed by atoms with Gasteiger partial charge in [-0.1, -0.05) is 19.4 Å². The summed E-state index contributed by atoms with van der Waals surface area (Å²) in [7, 11) is 0. The van der Waals surface area contributed by atoms with Crippen LogP contribution in [0.5, 0.6) is 0 Å². The first-order valence-electron chi connectivity index (χ1n) is 8.65. The number of esters is 1. The van der Waals surface area contributed by atoms with Crippen molar-refractivity contribution in [1.82, 2.24) is 14.5 Å². The first-order valence-corrected chi connectivity index (χ1v) is 8.65. The summed E-state index contributed by atoms with van der Waals surface area (Å²) >= 11 is 0. The first-order chi connectivity index (χ1) is 11.3. The largest absolute Gasteiger partial charge is 0.457 e. The van der Waals surface area contributed by atoms with Gasteiger partial charge in [-0.15, -0.1) is 0 Å². The average molecular weight is 313 g/mol. The van der Waals surface area contributed by atoms with Gasteiger partial charge in [0.05, 0.1) is 11.7 Å². The summed E-state index contributed by atoms with van der Waals surface area (Å²) in [6.45, 7) is 5.33. The molecule has 2 bridgehead atoms. The third-order valence-electron chi connectivity index (χ3n) is 5.20. The highest BCUT2D eigenvalue weighted by Gasteiger charge is 2.36. The summed E-state index contributed by atoms with van der Waals surface area (Å²) in [5.41, 5.74) is 2.56. The monoisotopic (exact) mass is 313 g/mol. The molecule has 0 spiro atoms. The van der Waals surface area contributed by atoms with E-state index in [1.54, 1.807) is 6.20 Å². The third-order valence-corrected chi connectivity index (χ3v) is 5.20. The fraction of sp³-hybridized carbons (Fsp3) is 0.556. The van der Waals surface area contributed by atoms with Gasteiger partial charge in [0, 0.05) is 12.2 Å². The lowest BCUT2D eigenvalue weighted by molar-refractivity contribution is -0.0454. The minimum absolute atomic E-state index is 0.0405. The van der Waals surface area contributed by atoms with Gasteiger partial charge in [0.2, 0.25) is 0 Å². The molecule has 0 amide bonds. The standard InChI is InChI=1S/C18H23N3O2/c1-2-4-14-5-3-6-16-15(11-19-21(14)16)18(22)23-17-12-20-9-7-13(17)8-10-20/h3,5-6,11,13,17H,2,4,7-10,12H2,1H3. The van der Waals surface area contributed by atoms with E-state index < -0.39 is 0 Å². The van der Waals surface area contributed by atoms with Gasteiger partial charge < -0.3 is 4.74 Å². The molecule has 1 unspecified atom stereocenters. The van der Waals surface area contributed by atoms with Crippen molar-refractivity contribution in [2.24, 2.45) is 5.92 Å². The van der Waals surface area contributed by atoms with E-state index in [1.165, 1.54) is 0 Å². The van der Waals surface area contributed by atoms with E-state index >= 15 is 0 Å². The number of pyridine rings is 1. The van der Waals surface area contributed by atoms with Crippen LogP contribution in [0.25, 0.3) is 5.52 Å². The van der Waals surface area contributed by atoms with Crippen molar-refractivity contribution in [2.75, 3.05) is 19.6 Å². The second kappa shape index (κ2) is 5.96. The number of carbonyl (C=O) groups is 1. The Morgan fingerprint density at radius 2 is 2.17 bits per heavy atom. The van der Waals surface area contributed by atoms with Crippen LogP contribution >= 0.6 is 0 Å². The van der Waals surface area contributed by atoms with Crippen LogP contribution in [0.3, 0.4) is 0 Å². The van der Waals surface area contributed by atoms with Gasteiger partial charge in [-0.2, -0.15) is 5.10 Å². The summed E-state index contributed by atoms with van der Waals surface area (Å²) in [6.07, 6.45) is 5.99. The maximum atomic E-state index is 12.6. The molecule has 0 saturated carbocycles. The molecule has 3 saturated heterocycles. The Bertz CT molecular complexity index is 716. The summed E-state index contributed by atoms with van der Waals surface area (Å²) in [6, 6.07) is 6.00. The molecule has 0 radical (unpaired) electrons. The van der Waals surface area contributed by atoms with Crippen molar-refractivity contribution in [3.8, 4) is 0 Å². The van der Waals surface area contributed by atoms with Gasteiger partial charge in [-0.25, -0.2) is 9.31 Å². The SMILES string of the molecule is CCCc1cccc2c(C(=O)OC3CN4CCC3CC4)cnn12. The van der Waals surface area contributed by atoms with E-state index in [2.05, 4.69) is 23.0 Å². The summed E-state index contributed by atoms with van der Waals surface area (Å²) < 4.78 is 7.72. The lowest BCUT2D eigenvalue weighted by atomic mass is 9.86. The average Bonchev–Trinajstić information content (AvgIpc) is 3.01. The predicted octanol–water partition coefficient (Wildman–Crippen LogP) is 2.54. The number of aryl methyl sites for hydroxylation is 1. The van der Waals surface area contributed by atoms with Crippen LogP contribution in [0, 0.1) is 5.92 Å².